The van der Waals surface area contributed by atoms with E-state index in [4.69, 9.17) is 17.3 Å². The van der Waals surface area contributed by atoms with E-state index in [-0.39, 0.29) is 5.69 Å². The topological polar surface area (TPSA) is 77.1 Å². The molecule has 2 aromatic rings. The van der Waals surface area contributed by atoms with Gasteiger partial charge in [0.15, 0.2) is 0 Å². The summed E-state index contributed by atoms with van der Waals surface area (Å²) in [6.07, 6.45) is 1.56. The van der Waals surface area contributed by atoms with Crippen LogP contribution < -0.4 is 11.1 Å². The normalized spacial score (nSPS) is 12.0. The highest BCUT2D eigenvalue weighted by Crippen LogP contribution is 2.16. The van der Waals surface area contributed by atoms with Crippen molar-refractivity contribution >= 4 is 23.4 Å². The Hall–Kier alpha value is -2.34. The maximum absolute atomic E-state index is 12.9. The zero-order chi connectivity index (χ0) is 15.6. The van der Waals surface area contributed by atoms with Crippen LogP contribution in [-0.2, 0) is 11.8 Å². The summed E-state index contributed by atoms with van der Waals surface area (Å²) in [5.41, 5.74) is 5.98. The molecule has 2 amide bonds. The minimum absolute atomic E-state index is 0.286. The number of carbonyl (C=O) groups is 2. The smallest absolute Gasteiger partial charge is 0.268 e. The lowest BCUT2D eigenvalue weighted by Gasteiger charge is -2.16. The number of benzene rings is 1. The Balaban J connectivity index is 2.24. The first-order chi connectivity index (χ1) is 9.88. The fourth-order valence-corrected chi connectivity index (χ4v) is 2.18. The van der Waals surface area contributed by atoms with E-state index in [1.165, 1.54) is 34.9 Å². The summed E-state index contributed by atoms with van der Waals surface area (Å²) in [7, 11) is 1.65. The van der Waals surface area contributed by atoms with Crippen molar-refractivity contribution in [2.45, 2.75) is 6.04 Å². The molecule has 1 heterocycles. The molecule has 1 atom stereocenters. The van der Waals surface area contributed by atoms with Crippen molar-refractivity contribution in [3.63, 3.8) is 0 Å². The molecule has 0 aliphatic rings. The number of rotatable bonds is 4. The highest BCUT2D eigenvalue weighted by atomic mass is 35.5. The van der Waals surface area contributed by atoms with E-state index in [1.807, 2.05) is 0 Å². The summed E-state index contributed by atoms with van der Waals surface area (Å²) in [4.78, 5) is 23.7. The molecule has 0 unspecified atom stereocenters. The van der Waals surface area contributed by atoms with Crippen LogP contribution in [0.1, 0.15) is 22.1 Å². The quantitative estimate of drug-likeness (QED) is 0.903. The van der Waals surface area contributed by atoms with Crippen LogP contribution in [-0.4, -0.2) is 16.4 Å². The van der Waals surface area contributed by atoms with E-state index in [2.05, 4.69) is 5.32 Å². The predicted octanol–water partition coefficient (Wildman–Crippen LogP) is 1.77. The molecule has 0 bridgehead atoms. The van der Waals surface area contributed by atoms with Gasteiger partial charge in [0.05, 0.1) is 5.02 Å². The number of hydrogen-bond acceptors (Lipinski definition) is 2. The third kappa shape index (κ3) is 3.41. The van der Waals surface area contributed by atoms with Crippen LogP contribution in [0.4, 0.5) is 4.39 Å². The van der Waals surface area contributed by atoms with Crippen molar-refractivity contribution in [1.82, 2.24) is 9.88 Å². The van der Waals surface area contributed by atoms with Crippen LogP contribution in [0, 0.1) is 5.82 Å². The van der Waals surface area contributed by atoms with Gasteiger partial charge in [-0.3, -0.25) is 9.59 Å². The minimum atomic E-state index is -1.05. The summed E-state index contributed by atoms with van der Waals surface area (Å²) in [5, 5.41) is 2.91. The number of nitrogens with two attached hydrogens (primary N) is 1. The molecule has 110 valence electrons. The Morgan fingerprint density at radius 3 is 2.43 bits per heavy atom. The van der Waals surface area contributed by atoms with Gasteiger partial charge in [-0.05, 0) is 23.8 Å². The molecule has 0 aliphatic heterocycles. The standard InChI is InChI=1S/C14H13ClFN3O2/c1-19-7-9(15)6-11(19)14(21)18-12(13(17)20)8-2-4-10(16)5-3-8/h2-7,12H,1H3,(H2,17,20)(H,18,21)/t12-/m1/s1. The first-order valence-corrected chi connectivity index (χ1v) is 6.44. The molecule has 1 aromatic carbocycles. The predicted molar refractivity (Wildman–Crippen MR) is 76.2 cm³/mol. The van der Waals surface area contributed by atoms with Crippen LogP contribution >= 0.6 is 11.6 Å². The second kappa shape index (κ2) is 5.97. The first kappa shape index (κ1) is 15.1. The molecular weight excluding hydrogens is 297 g/mol. The Morgan fingerprint density at radius 1 is 1.33 bits per heavy atom. The molecular formula is C14H13ClFN3O2. The SMILES string of the molecule is Cn1cc(Cl)cc1C(=O)N[C@@H](C(N)=O)c1ccc(F)cc1. The second-order valence-corrected chi connectivity index (χ2v) is 4.95. The zero-order valence-electron chi connectivity index (χ0n) is 11.1. The molecule has 21 heavy (non-hydrogen) atoms. The number of nitrogens with zero attached hydrogens (tertiary/aromatic N) is 1. The molecule has 7 heteroatoms. The van der Waals surface area contributed by atoms with Crippen molar-refractivity contribution in [1.29, 1.82) is 0 Å². The van der Waals surface area contributed by atoms with Crippen LogP contribution in [0.15, 0.2) is 36.5 Å². The number of carbonyl (C=O) groups excluding carboxylic acids is 2. The lowest BCUT2D eigenvalue weighted by Crippen LogP contribution is -2.38. The van der Waals surface area contributed by atoms with E-state index in [1.54, 1.807) is 13.2 Å². The number of amides is 2. The third-order valence-electron chi connectivity index (χ3n) is 2.97. The van der Waals surface area contributed by atoms with Crippen LogP contribution in [0.3, 0.4) is 0 Å². The van der Waals surface area contributed by atoms with Gasteiger partial charge in [0, 0.05) is 13.2 Å². The number of nitrogens with one attached hydrogen (secondary N) is 1. The van der Waals surface area contributed by atoms with Crippen LogP contribution in [0.5, 0.6) is 0 Å². The maximum Gasteiger partial charge on any atom is 0.268 e. The molecule has 0 aliphatic carbocycles. The molecule has 5 nitrogen and oxygen atoms in total. The van der Waals surface area contributed by atoms with E-state index in [0.29, 0.717) is 10.6 Å². The van der Waals surface area contributed by atoms with E-state index in [9.17, 15) is 14.0 Å². The molecule has 1 aromatic heterocycles. The maximum atomic E-state index is 12.9. The van der Waals surface area contributed by atoms with Crippen molar-refractivity contribution < 1.29 is 14.0 Å². The van der Waals surface area contributed by atoms with Crippen molar-refractivity contribution in [2.24, 2.45) is 12.8 Å². The molecule has 0 spiro atoms. The number of aromatic nitrogens is 1. The number of halogens is 2. The molecule has 3 N–H and O–H groups in total. The Kier molecular flexibility index (Phi) is 4.28. The molecule has 2 rings (SSSR count). The fraction of sp³-hybridized carbons (Fsp3) is 0.143. The van der Waals surface area contributed by atoms with E-state index in [0.717, 1.165) is 0 Å². The van der Waals surface area contributed by atoms with Gasteiger partial charge in [-0.25, -0.2) is 4.39 Å². The Labute approximate surface area is 125 Å². The van der Waals surface area contributed by atoms with Gasteiger partial charge in [-0.15, -0.1) is 0 Å². The van der Waals surface area contributed by atoms with Gasteiger partial charge in [-0.2, -0.15) is 0 Å². The summed E-state index contributed by atoms with van der Waals surface area (Å²) >= 11 is 5.81. The first-order valence-electron chi connectivity index (χ1n) is 6.06. The average molecular weight is 310 g/mol. The van der Waals surface area contributed by atoms with Gasteiger partial charge in [0.25, 0.3) is 5.91 Å². The highest BCUT2D eigenvalue weighted by molar-refractivity contribution is 6.31. The van der Waals surface area contributed by atoms with Gasteiger partial charge in [0.2, 0.25) is 5.91 Å². The van der Waals surface area contributed by atoms with E-state index < -0.39 is 23.7 Å². The van der Waals surface area contributed by atoms with Crippen LogP contribution in [0.25, 0.3) is 0 Å². The Bertz CT molecular complexity index is 682. The summed E-state index contributed by atoms with van der Waals surface area (Å²) in [6.45, 7) is 0. The number of primary amides is 1. The third-order valence-corrected chi connectivity index (χ3v) is 3.17. The monoisotopic (exact) mass is 309 g/mol. The molecule has 0 saturated carbocycles. The lowest BCUT2D eigenvalue weighted by atomic mass is 10.1. The fourth-order valence-electron chi connectivity index (χ4n) is 1.93. The van der Waals surface area contributed by atoms with Gasteiger partial charge >= 0.3 is 0 Å². The average Bonchev–Trinajstić information content (AvgIpc) is 2.76. The molecule has 0 radical (unpaired) electrons. The van der Waals surface area contributed by atoms with Crippen molar-refractivity contribution in [3.05, 3.63) is 58.6 Å². The highest BCUT2D eigenvalue weighted by Gasteiger charge is 2.22. The molecule has 0 saturated heterocycles. The number of aryl methyl sites for hydroxylation is 1. The van der Waals surface area contributed by atoms with Gasteiger partial charge in [0.1, 0.15) is 17.6 Å². The van der Waals surface area contributed by atoms with Crippen molar-refractivity contribution in [3.8, 4) is 0 Å². The summed E-state index contributed by atoms with van der Waals surface area (Å²) in [6, 6.07) is 5.59. The summed E-state index contributed by atoms with van der Waals surface area (Å²) in [5.74, 6) is -1.68. The zero-order valence-corrected chi connectivity index (χ0v) is 11.9. The largest absolute Gasteiger partial charge is 0.368 e. The van der Waals surface area contributed by atoms with E-state index >= 15 is 0 Å². The second-order valence-electron chi connectivity index (χ2n) is 4.51. The van der Waals surface area contributed by atoms with Gasteiger partial charge in [-0.1, -0.05) is 23.7 Å². The van der Waals surface area contributed by atoms with Crippen molar-refractivity contribution in [2.75, 3.05) is 0 Å². The molecule has 0 fully saturated rings. The van der Waals surface area contributed by atoms with Crippen LogP contribution in [0.2, 0.25) is 5.02 Å². The lowest BCUT2D eigenvalue weighted by molar-refractivity contribution is -0.120. The Morgan fingerprint density at radius 2 is 1.95 bits per heavy atom. The minimum Gasteiger partial charge on any atom is -0.368 e. The number of hydrogen-bond donors (Lipinski definition) is 2. The summed E-state index contributed by atoms with van der Waals surface area (Å²) < 4.78 is 14.4. The van der Waals surface area contributed by atoms with Gasteiger partial charge < -0.3 is 15.6 Å².